The van der Waals surface area contributed by atoms with Gasteiger partial charge in [0.25, 0.3) is 0 Å². The van der Waals surface area contributed by atoms with E-state index in [0.29, 0.717) is 6.42 Å². The summed E-state index contributed by atoms with van der Waals surface area (Å²) in [6, 6.07) is -0.149. The van der Waals surface area contributed by atoms with Crippen LogP contribution in [-0.2, 0) is 4.79 Å². The van der Waals surface area contributed by atoms with Gasteiger partial charge in [-0.3, -0.25) is 9.69 Å². The van der Waals surface area contributed by atoms with Crippen LogP contribution < -0.4 is 0 Å². The number of unbranched alkanes of at least 4 members (excludes halogenated alkanes) is 2. The highest BCUT2D eigenvalue weighted by molar-refractivity contribution is 5.85. The van der Waals surface area contributed by atoms with E-state index in [1.54, 1.807) is 6.08 Å². The van der Waals surface area contributed by atoms with E-state index >= 15 is 0 Å². The molecule has 0 saturated carbocycles. The van der Waals surface area contributed by atoms with Crippen molar-refractivity contribution in [2.45, 2.75) is 38.6 Å². The lowest BCUT2D eigenvalue weighted by Gasteiger charge is -2.18. The summed E-state index contributed by atoms with van der Waals surface area (Å²) >= 11 is 0. The molecule has 0 aliphatic heterocycles. The zero-order chi connectivity index (χ0) is 11.0. The third-order valence-electron chi connectivity index (χ3n) is 2.19. The lowest BCUT2D eigenvalue weighted by molar-refractivity contribution is -0.122. The van der Waals surface area contributed by atoms with Crippen LogP contribution in [0.4, 0.5) is 0 Å². The Hall–Kier alpha value is -0.850. The molecule has 0 heterocycles. The van der Waals surface area contributed by atoms with Gasteiger partial charge in [0.1, 0.15) is 0 Å². The van der Waals surface area contributed by atoms with Crippen LogP contribution in [0.5, 0.6) is 0 Å². The summed E-state index contributed by atoms with van der Waals surface area (Å²) < 4.78 is 0. The molecule has 0 amide bonds. The molecule has 2 heteroatoms. The topological polar surface area (TPSA) is 20.3 Å². The second-order valence-corrected chi connectivity index (χ2v) is 3.70. The molecule has 0 aliphatic rings. The first-order valence-electron chi connectivity index (χ1n) is 5.18. The number of ketones is 1. The number of hydrogen-bond acceptors (Lipinski definition) is 2. The minimum Gasteiger partial charge on any atom is -0.298 e. The summed E-state index contributed by atoms with van der Waals surface area (Å²) in [5, 5.41) is 0. The number of nitrogens with zero attached hydrogens (tertiary/aromatic N) is 1. The molecule has 2 nitrogen and oxygen atoms in total. The molecule has 14 heavy (non-hydrogen) atoms. The molecule has 0 N–H and O–H groups in total. The highest BCUT2D eigenvalue weighted by Gasteiger charge is 2.16. The second-order valence-electron chi connectivity index (χ2n) is 3.70. The maximum atomic E-state index is 11.7. The molecule has 1 unspecified atom stereocenters. The highest BCUT2D eigenvalue weighted by atomic mass is 16.1. The fourth-order valence-corrected chi connectivity index (χ4v) is 1.34. The van der Waals surface area contributed by atoms with Crippen molar-refractivity contribution >= 4 is 5.78 Å². The average Bonchev–Trinajstić information content (AvgIpc) is 2.13. The van der Waals surface area contributed by atoms with E-state index in [2.05, 4.69) is 19.2 Å². The van der Waals surface area contributed by atoms with Crippen molar-refractivity contribution < 1.29 is 4.79 Å². The van der Waals surface area contributed by atoms with Gasteiger partial charge in [0, 0.05) is 6.42 Å². The molecule has 0 spiro atoms. The molecule has 80 valence electrons. The Morgan fingerprint density at radius 2 is 2.14 bits per heavy atom. The van der Waals surface area contributed by atoms with Gasteiger partial charge in [-0.25, -0.2) is 0 Å². The van der Waals surface area contributed by atoms with E-state index in [1.807, 2.05) is 19.0 Å². The first-order valence-corrected chi connectivity index (χ1v) is 5.18. The Morgan fingerprint density at radius 3 is 2.57 bits per heavy atom. The number of carbonyl (C=O) groups excluding carboxylic acids is 1. The van der Waals surface area contributed by atoms with Gasteiger partial charge < -0.3 is 0 Å². The number of rotatable bonds is 7. The fourth-order valence-electron chi connectivity index (χ4n) is 1.34. The summed E-state index contributed by atoms with van der Waals surface area (Å²) in [6.07, 6.45) is 5.66. The highest BCUT2D eigenvalue weighted by Crippen LogP contribution is 2.06. The van der Waals surface area contributed by atoms with Crippen molar-refractivity contribution in [3.63, 3.8) is 0 Å². The van der Waals surface area contributed by atoms with Crippen molar-refractivity contribution in [2.75, 3.05) is 14.1 Å². The van der Waals surface area contributed by atoms with Gasteiger partial charge in [0.2, 0.25) is 0 Å². The normalized spacial score (nSPS) is 12.3. The maximum Gasteiger partial charge on any atom is 0.154 e. The number of hydrogen-bond donors (Lipinski definition) is 0. The quantitative estimate of drug-likeness (QED) is 0.459. The Morgan fingerprint density at radius 1 is 1.50 bits per heavy atom. The molecule has 0 aromatic rings. The van der Waals surface area contributed by atoms with Gasteiger partial charge in [-0.2, -0.15) is 0 Å². The minimum absolute atomic E-state index is 0.149. The third-order valence-corrected chi connectivity index (χ3v) is 2.19. The van der Waals surface area contributed by atoms with Gasteiger partial charge in [-0.1, -0.05) is 26.3 Å². The van der Waals surface area contributed by atoms with Gasteiger partial charge in [0.05, 0.1) is 6.04 Å². The van der Waals surface area contributed by atoms with E-state index in [0.717, 1.165) is 19.3 Å². The molecule has 0 bridgehead atoms. The second kappa shape index (κ2) is 7.54. The van der Waals surface area contributed by atoms with Crippen LogP contribution in [0.2, 0.25) is 0 Å². The molecule has 0 rings (SSSR count). The van der Waals surface area contributed by atoms with Crippen LogP contribution in [-0.4, -0.2) is 30.8 Å². The number of Topliss-reactive ketones (excluding diaryl/α,β-unsaturated/α-hetero) is 1. The molecular weight excluding hydrogens is 174 g/mol. The van der Waals surface area contributed by atoms with E-state index in [9.17, 15) is 4.79 Å². The first-order chi connectivity index (χ1) is 6.63. The van der Waals surface area contributed by atoms with E-state index in [4.69, 9.17) is 0 Å². The summed E-state index contributed by atoms with van der Waals surface area (Å²) in [7, 11) is 3.80. The summed E-state index contributed by atoms with van der Waals surface area (Å²) in [6.45, 7) is 5.64. The molecule has 0 saturated heterocycles. The van der Waals surface area contributed by atoms with Crippen molar-refractivity contribution in [1.82, 2.24) is 4.90 Å². The van der Waals surface area contributed by atoms with Crippen LogP contribution in [0.25, 0.3) is 0 Å². The molecule has 0 radical (unpaired) electrons. The lowest BCUT2D eigenvalue weighted by atomic mass is 10.1. The van der Waals surface area contributed by atoms with E-state index in [-0.39, 0.29) is 11.8 Å². The average molecular weight is 195 g/mol. The smallest absolute Gasteiger partial charge is 0.154 e. The Labute approximate surface area is 87.3 Å². The fraction of sp³-hybridized carbons (Fsp3) is 0.667. The molecule has 0 fully saturated rings. The Kier molecular flexibility index (Phi) is 7.09. The zero-order valence-corrected chi connectivity index (χ0v) is 9.55. The van der Waals surface area contributed by atoms with Crippen molar-refractivity contribution in [3.05, 3.63) is 18.4 Å². The lowest BCUT2D eigenvalue weighted by Crippen LogP contribution is -2.33. The summed E-state index contributed by atoms with van der Waals surface area (Å²) in [5.74, 6) is 0.264. The predicted molar refractivity (Wildman–Crippen MR) is 60.3 cm³/mol. The van der Waals surface area contributed by atoms with Gasteiger partial charge in [-0.05, 0) is 26.6 Å². The monoisotopic (exact) mass is 195 g/mol. The number of likely N-dealkylation sites (N-methyl/N-ethyl adjacent to an activating group) is 1. The molecule has 0 aliphatic carbocycles. The van der Waals surface area contributed by atoms with Gasteiger partial charge >= 0.3 is 0 Å². The molecular formula is C12H21NO. The third kappa shape index (κ3) is 5.00. The molecule has 0 aromatic carbocycles. The van der Waals surface area contributed by atoms with E-state index < -0.39 is 0 Å². The summed E-state index contributed by atoms with van der Waals surface area (Å²) in [5.41, 5.74) is 2.68. The zero-order valence-electron chi connectivity index (χ0n) is 9.55. The molecule has 1 atom stereocenters. The SMILES string of the molecule is C=C=CC(C(=O)CCCCC)N(C)C. The minimum atomic E-state index is -0.149. The maximum absolute atomic E-state index is 11.7. The van der Waals surface area contributed by atoms with Crippen molar-refractivity contribution in [3.8, 4) is 0 Å². The molecule has 0 aromatic heterocycles. The van der Waals surface area contributed by atoms with Crippen LogP contribution >= 0.6 is 0 Å². The van der Waals surface area contributed by atoms with Crippen LogP contribution in [0, 0.1) is 0 Å². The van der Waals surface area contributed by atoms with Crippen LogP contribution in [0.15, 0.2) is 18.4 Å². The van der Waals surface area contributed by atoms with Gasteiger partial charge in [0.15, 0.2) is 5.78 Å². The van der Waals surface area contributed by atoms with E-state index in [1.165, 1.54) is 0 Å². The largest absolute Gasteiger partial charge is 0.298 e. The first kappa shape index (κ1) is 13.2. The van der Waals surface area contributed by atoms with Crippen LogP contribution in [0.3, 0.4) is 0 Å². The van der Waals surface area contributed by atoms with Crippen molar-refractivity contribution in [2.24, 2.45) is 0 Å². The number of carbonyl (C=O) groups is 1. The van der Waals surface area contributed by atoms with Crippen LogP contribution in [0.1, 0.15) is 32.6 Å². The van der Waals surface area contributed by atoms with Crippen molar-refractivity contribution in [1.29, 1.82) is 0 Å². The Bertz CT molecular complexity index is 214. The predicted octanol–water partition coefficient (Wildman–Crippen LogP) is 2.41. The summed E-state index contributed by atoms with van der Waals surface area (Å²) in [4.78, 5) is 13.6. The Balaban J connectivity index is 4.09. The standard InChI is InChI=1S/C12H21NO/c1-5-7-8-10-12(14)11(9-6-2)13(3)4/h9,11H,2,5,7-8,10H2,1,3-4H3. The van der Waals surface area contributed by atoms with Gasteiger partial charge in [-0.15, -0.1) is 5.73 Å².